The first-order valence-electron chi connectivity index (χ1n) is 23.5. The van der Waals surface area contributed by atoms with Crippen molar-refractivity contribution in [3.05, 3.63) is 243 Å². The Morgan fingerprint density at radius 1 is 0.371 bits per heavy atom. The van der Waals surface area contributed by atoms with Crippen LogP contribution in [0.5, 0.6) is 0 Å². The minimum absolute atomic E-state index is 0.559. The van der Waals surface area contributed by atoms with E-state index in [2.05, 4.69) is 224 Å². The van der Waals surface area contributed by atoms with E-state index in [1.807, 2.05) is 24.3 Å². The average Bonchev–Trinajstić information content (AvgIpc) is 3.98. The highest BCUT2D eigenvalue weighted by Crippen LogP contribution is 2.41. The van der Waals surface area contributed by atoms with Gasteiger partial charge in [0.1, 0.15) is 11.2 Å². The molecule has 3 heterocycles. The van der Waals surface area contributed by atoms with Crippen LogP contribution in [-0.2, 0) is 0 Å². The molecule has 0 unspecified atom stereocenters. The Morgan fingerprint density at radius 3 is 1.69 bits per heavy atom. The molecule has 0 N–H and O–H groups in total. The van der Waals surface area contributed by atoms with Gasteiger partial charge < -0.3 is 8.98 Å². The Hall–Kier alpha value is -9.45. The molecule has 13 rings (SSSR count). The quantitative estimate of drug-likeness (QED) is 0.145. The van der Waals surface area contributed by atoms with Gasteiger partial charge in [0.25, 0.3) is 0 Å². The molecular formula is C65H42N4O. The zero-order valence-corrected chi connectivity index (χ0v) is 38.1. The van der Waals surface area contributed by atoms with Crippen LogP contribution >= 0.6 is 0 Å². The van der Waals surface area contributed by atoms with Gasteiger partial charge in [-0.05, 0) is 104 Å². The molecule has 13 aromatic rings. The minimum Gasteiger partial charge on any atom is -0.456 e. The van der Waals surface area contributed by atoms with Gasteiger partial charge in [-0.3, -0.25) is 0 Å². The van der Waals surface area contributed by atoms with Crippen LogP contribution in [0.15, 0.2) is 236 Å². The van der Waals surface area contributed by atoms with Crippen molar-refractivity contribution in [2.75, 3.05) is 0 Å². The summed E-state index contributed by atoms with van der Waals surface area (Å²) >= 11 is 0. The molecule has 0 spiro atoms. The van der Waals surface area contributed by atoms with Gasteiger partial charge in [-0.2, -0.15) is 0 Å². The maximum atomic E-state index is 6.60. The fourth-order valence-electron chi connectivity index (χ4n) is 10.3. The summed E-state index contributed by atoms with van der Waals surface area (Å²) in [7, 11) is 0. The minimum atomic E-state index is 0.559. The summed E-state index contributed by atoms with van der Waals surface area (Å²) in [6.45, 7) is 8.14. The SMILES string of the molecule is C=Cc1cccc(-c2ccc(-c3nc(-c4ccc(-c5cccc6ccccc56)cc4)nc(-c4cccc5oc6ccc(-c7ccc8c(c7)c7ccccc7n8-c7ccccc7)cc6c45)n3)cc2)c1C=C. The molecule has 70 heavy (non-hydrogen) atoms. The molecule has 0 fully saturated rings. The summed E-state index contributed by atoms with van der Waals surface area (Å²) in [6.07, 6.45) is 3.76. The molecule has 0 saturated carbocycles. The van der Waals surface area contributed by atoms with E-state index in [4.69, 9.17) is 19.4 Å². The lowest BCUT2D eigenvalue weighted by Crippen LogP contribution is -2.00. The molecule has 5 heteroatoms. The lowest BCUT2D eigenvalue weighted by atomic mass is 9.94. The van der Waals surface area contributed by atoms with E-state index in [1.54, 1.807) is 0 Å². The lowest BCUT2D eigenvalue weighted by Gasteiger charge is -2.12. The second-order valence-electron chi connectivity index (χ2n) is 17.6. The van der Waals surface area contributed by atoms with Crippen LogP contribution in [0.25, 0.3) is 140 Å². The number of rotatable bonds is 9. The van der Waals surface area contributed by atoms with Crippen LogP contribution in [0, 0.1) is 0 Å². The number of aromatic nitrogens is 4. The van der Waals surface area contributed by atoms with Crippen molar-refractivity contribution >= 4 is 66.7 Å². The molecule has 0 atom stereocenters. The molecule has 0 radical (unpaired) electrons. The first-order valence-corrected chi connectivity index (χ1v) is 23.5. The molecule has 0 aliphatic heterocycles. The maximum Gasteiger partial charge on any atom is 0.164 e. The third-order valence-electron chi connectivity index (χ3n) is 13.7. The number of hydrogen-bond acceptors (Lipinski definition) is 4. The average molecular weight is 895 g/mol. The Bertz CT molecular complexity index is 4190. The van der Waals surface area contributed by atoms with Crippen LogP contribution < -0.4 is 0 Å². The molecule has 5 nitrogen and oxygen atoms in total. The highest BCUT2D eigenvalue weighted by Gasteiger charge is 2.20. The molecule has 10 aromatic carbocycles. The molecule has 0 aliphatic carbocycles. The summed E-state index contributed by atoms with van der Waals surface area (Å²) in [5.41, 5.74) is 16.4. The Kier molecular flexibility index (Phi) is 9.73. The van der Waals surface area contributed by atoms with Gasteiger partial charge in [-0.1, -0.05) is 195 Å². The zero-order chi connectivity index (χ0) is 46.7. The largest absolute Gasteiger partial charge is 0.456 e. The monoisotopic (exact) mass is 894 g/mol. The normalized spacial score (nSPS) is 11.5. The first kappa shape index (κ1) is 40.8. The predicted molar refractivity (Wildman–Crippen MR) is 292 cm³/mol. The fraction of sp³-hybridized carbons (Fsp3) is 0. The van der Waals surface area contributed by atoms with E-state index in [0.717, 1.165) is 88.8 Å². The van der Waals surface area contributed by atoms with E-state index >= 15 is 0 Å². The third kappa shape index (κ3) is 6.83. The second kappa shape index (κ2) is 16.7. The molecule has 3 aromatic heterocycles. The van der Waals surface area contributed by atoms with Crippen molar-refractivity contribution in [3.8, 4) is 73.2 Å². The topological polar surface area (TPSA) is 56.7 Å². The molecule has 0 aliphatic rings. The smallest absolute Gasteiger partial charge is 0.164 e. The van der Waals surface area contributed by atoms with Crippen molar-refractivity contribution in [3.63, 3.8) is 0 Å². The van der Waals surface area contributed by atoms with Crippen molar-refractivity contribution in [2.45, 2.75) is 0 Å². The third-order valence-corrected chi connectivity index (χ3v) is 13.7. The van der Waals surface area contributed by atoms with Crippen LogP contribution in [-0.4, -0.2) is 19.5 Å². The van der Waals surface area contributed by atoms with Gasteiger partial charge >= 0.3 is 0 Å². The van der Waals surface area contributed by atoms with Crippen LogP contribution in [0.3, 0.4) is 0 Å². The van der Waals surface area contributed by atoms with Gasteiger partial charge in [0.2, 0.25) is 0 Å². The number of benzene rings is 10. The van der Waals surface area contributed by atoms with E-state index in [-0.39, 0.29) is 0 Å². The van der Waals surface area contributed by atoms with Crippen molar-refractivity contribution in [2.24, 2.45) is 0 Å². The van der Waals surface area contributed by atoms with E-state index in [9.17, 15) is 0 Å². The number of para-hydroxylation sites is 2. The highest BCUT2D eigenvalue weighted by molar-refractivity contribution is 6.14. The summed E-state index contributed by atoms with van der Waals surface area (Å²) in [4.78, 5) is 15.7. The van der Waals surface area contributed by atoms with Gasteiger partial charge in [-0.25, -0.2) is 15.0 Å². The Balaban J connectivity index is 0.954. The first-order chi connectivity index (χ1) is 34.6. The molecule has 0 amide bonds. The van der Waals surface area contributed by atoms with Crippen molar-refractivity contribution < 1.29 is 4.42 Å². The zero-order valence-electron chi connectivity index (χ0n) is 38.1. The van der Waals surface area contributed by atoms with Gasteiger partial charge in [0.15, 0.2) is 17.5 Å². The standard InChI is InChI=1S/C65H42N4O/c1-3-41-16-12-22-51(50(41)4-2)43-27-31-45(32-28-43)63-66-64(46-33-29-44(30-34-46)53-23-13-17-42-15-8-9-20-52(42)53)68-65(67-63)55-24-14-26-61-62(55)57-40-48(36-38-60(57)70-61)47-35-37-59-56(39-47)54-21-10-11-25-58(54)69(59)49-18-6-5-7-19-49/h3-40H,1-2H2. The van der Waals surface area contributed by atoms with Gasteiger partial charge in [-0.15, -0.1) is 0 Å². The molecule has 0 bridgehead atoms. The van der Waals surface area contributed by atoms with Crippen molar-refractivity contribution in [1.29, 1.82) is 0 Å². The van der Waals surface area contributed by atoms with E-state index in [1.165, 1.54) is 32.6 Å². The van der Waals surface area contributed by atoms with Gasteiger partial charge in [0.05, 0.1) is 11.0 Å². The number of nitrogens with zero attached hydrogens (tertiary/aromatic N) is 4. The number of hydrogen-bond donors (Lipinski definition) is 0. The second-order valence-corrected chi connectivity index (χ2v) is 17.6. The molecular weight excluding hydrogens is 853 g/mol. The van der Waals surface area contributed by atoms with Crippen LogP contribution in [0.4, 0.5) is 0 Å². The number of fused-ring (bicyclic) bond motifs is 7. The summed E-state index contributed by atoms with van der Waals surface area (Å²) in [6, 6.07) is 76.7. The van der Waals surface area contributed by atoms with E-state index < -0.39 is 0 Å². The molecule has 328 valence electrons. The summed E-state index contributed by atoms with van der Waals surface area (Å²) in [5.74, 6) is 1.71. The molecule has 0 saturated heterocycles. The number of furan rings is 1. The van der Waals surface area contributed by atoms with Crippen LogP contribution in [0.1, 0.15) is 11.1 Å². The van der Waals surface area contributed by atoms with Crippen molar-refractivity contribution in [1.82, 2.24) is 19.5 Å². The Labute approximate surface area is 404 Å². The summed E-state index contributed by atoms with van der Waals surface area (Å²) < 4.78 is 8.95. The fourth-order valence-corrected chi connectivity index (χ4v) is 10.3. The van der Waals surface area contributed by atoms with Crippen LogP contribution in [0.2, 0.25) is 0 Å². The summed E-state index contributed by atoms with van der Waals surface area (Å²) in [5, 5.41) is 6.76. The highest BCUT2D eigenvalue weighted by atomic mass is 16.3. The maximum absolute atomic E-state index is 6.60. The van der Waals surface area contributed by atoms with E-state index in [0.29, 0.717) is 17.5 Å². The van der Waals surface area contributed by atoms with Gasteiger partial charge in [0, 0.05) is 43.9 Å². The Morgan fingerprint density at radius 2 is 0.929 bits per heavy atom. The lowest BCUT2D eigenvalue weighted by molar-refractivity contribution is 0.669. The predicted octanol–water partition coefficient (Wildman–Crippen LogP) is 17.3.